The second-order valence-corrected chi connectivity index (χ2v) is 6.44. The summed E-state index contributed by atoms with van der Waals surface area (Å²) in [5.74, 6) is 0.826. The van der Waals surface area contributed by atoms with Gasteiger partial charge in [0, 0.05) is 27.7 Å². The van der Waals surface area contributed by atoms with Gasteiger partial charge in [0.25, 0.3) is 0 Å². The molecule has 0 spiro atoms. The van der Waals surface area contributed by atoms with Crippen molar-refractivity contribution in [2.75, 3.05) is 7.11 Å². The van der Waals surface area contributed by atoms with E-state index < -0.39 is 0 Å². The monoisotopic (exact) mass is 345 g/mol. The standard InChI is InChI=1S/C22H23N3O/c1-3-4-8-16-10-11-17(23-16)13-21-22(26-2)14-20(25-21)19-12-15-7-5-6-9-18(15)24-19/h5-14,23-25H,3-4H2,1-2H3. The third-order valence-electron chi connectivity index (χ3n) is 4.53. The molecule has 0 saturated carbocycles. The predicted molar refractivity (Wildman–Crippen MR) is 108 cm³/mol. The lowest BCUT2D eigenvalue weighted by Gasteiger charge is -1.95. The minimum atomic E-state index is 0.826. The van der Waals surface area contributed by atoms with Crippen LogP contribution in [0.2, 0.25) is 0 Å². The number of aromatic amines is 3. The van der Waals surface area contributed by atoms with Gasteiger partial charge in [-0.3, -0.25) is 0 Å². The van der Waals surface area contributed by atoms with Gasteiger partial charge in [-0.15, -0.1) is 0 Å². The first-order valence-corrected chi connectivity index (χ1v) is 8.99. The highest BCUT2D eigenvalue weighted by molar-refractivity contribution is 5.85. The zero-order chi connectivity index (χ0) is 17.9. The maximum atomic E-state index is 5.57. The van der Waals surface area contributed by atoms with Crippen molar-refractivity contribution < 1.29 is 4.74 Å². The third kappa shape index (κ3) is 3.18. The molecule has 0 fully saturated rings. The van der Waals surface area contributed by atoms with Gasteiger partial charge >= 0.3 is 0 Å². The molecule has 0 aliphatic heterocycles. The summed E-state index contributed by atoms with van der Waals surface area (Å²) in [6.07, 6.45) is 6.53. The topological polar surface area (TPSA) is 56.6 Å². The molecule has 0 amide bonds. The first-order valence-electron chi connectivity index (χ1n) is 8.99. The molecule has 4 nitrogen and oxygen atoms in total. The Morgan fingerprint density at radius 2 is 1.73 bits per heavy atom. The Morgan fingerprint density at radius 1 is 0.923 bits per heavy atom. The smallest absolute Gasteiger partial charge is 0.144 e. The number of methoxy groups -OCH3 is 1. The average molecular weight is 345 g/mol. The summed E-state index contributed by atoms with van der Waals surface area (Å²) in [5.41, 5.74) is 4.13. The molecular weight excluding hydrogens is 322 g/mol. The van der Waals surface area contributed by atoms with E-state index in [1.807, 2.05) is 18.2 Å². The lowest BCUT2D eigenvalue weighted by Crippen LogP contribution is -2.09. The van der Waals surface area contributed by atoms with Crippen molar-refractivity contribution in [3.8, 4) is 17.1 Å². The van der Waals surface area contributed by atoms with Crippen LogP contribution in [0.4, 0.5) is 0 Å². The van der Waals surface area contributed by atoms with Crippen molar-refractivity contribution in [1.82, 2.24) is 15.0 Å². The number of H-pyrrole nitrogens is 3. The van der Waals surface area contributed by atoms with Gasteiger partial charge in [0.2, 0.25) is 0 Å². The minimum Gasteiger partial charge on any atom is -0.494 e. The summed E-state index contributed by atoms with van der Waals surface area (Å²) in [6, 6.07) is 16.7. The Balaban J connectivity index is 1.73. The molecule has 1 aromatic carbocycles. The lowest BCUT2D eigenvalue weighted by atomic mass is 10.2. The van der Waals surface area contributed by atoms with Crippen LogP contribution >= 0.6 is 0 Å². The SMILES string of the molecule is CCCC=c1ccc(=Cc2[nH]c(-c3cc4ccccc4[nH]3)cc2OC)[nH]1. The summed E-state index contributed by atoms with van der Waals surface area (Å²) in [5, 5.41) is 3.40. The summed E-state index contributed by atoms with van der Waals surface area (Å²) >= 11 is 0. The average Bonchev–Trinajstić information content (AvgIpc) is 3.37. The van der Waals surface area contributed by atoms with Crippen LogP contribution in [0.15, 0.2) is 48.5 Å². The molecule has 0 saturated heterocycles. The van der Waals surface area contributed by atoms with E-state index in [0.717, 1.165) is 51.9 Å². The molecule has 0 unspecified atom stereocenters. The highest BCUT2D eigenvalue weighted by atomic mass is 16.5. The fourth-order valence-electron chi connectivity index (χ4n) is 3.18. The van der Waals surface area contributed by atoms with E-state index in [1.165, 1.54) is 5.39 Å². The van der Waals surface area contributed by atoms with Crippen LogP contribution < -0.4 is 15.4 Å². The molecule has 3 aromatic heterocycles. The summed E-state index contributed by atoms with van der Waals surface area (Å²) in [6.45, 7) is 2.18. The van der Waals surface area contributed by atoms with Gasteiger partial charge < -0.3 is 19.7 Å². The largest absolute Gasteiger partial charge is 0.494 e. The number of ether oxygens (including phenoxy) is 1. The molecule has 0 radical (unpaired) electrons. The summed E-state index contributed by atoms with van der Waals surface area (Å²) < 4.78 is 5.57. The maximum absolute atomic E-state index is 5.57. The van der Waals surface area contributed by atoms with Crippen LogP contribution in [0.1, 0.15) is 25.5 Å². The van der Waals surface area contributed by atoms with Gasteiger partial charge in [-0.05, 0) is 36.8 Å². The Labute approximate surface area is 152 Å². The number of unbranched alkanes of at least 4 members (excludes halogenated alkanes) is 1. The van der Waals surface area contributed by atoms with Gasteiger partial charge in [-0.25, -0.2) is 0 Å². The fourth-order valence-corrected chi connectivity index (χ4v) is 3.18. The first-order chi connectivity index (χ1) is 12.8. The number of benzene rings is 1. The van der Waals surface area contributed by atoms with Crippen LogP contribution in [0.5, 0.6) is 5.75 Å². The van der Waals surface area contributed by atoms with Crippen molar-refractivity contribution in [2.45, 2.75) is 19.8 Å². The van der Waals surface area contributed by atoms with Gasteiger partial charge in [0.05, 0.1) is 24.2 Å². The van der Waals surface area contributed by atoms with Crippen molar-refractivity contribution in [2.24, 2.45) is 0 Å². The predicted octanol–water partition coefficient (Wildman–Crippen LogP) is 3.91. The van der Waals surface area contributed by atoms with Gasteiger partial charge in [0.1, 0.15) is 5.75 Å². The Hall–Kier alpha value is -3.14. The van der Waals surface area contributed by atoms with Crippen LogP contribution in [0, 0.1) is 0 Å². The zero-order valence-electron chi connectivity index (χ0n) is 15.1. The number of nitrogens with one attached hydrogen (secondary N) is 3. The molecule has 4 heteroatoms. The third-order valence-corrected chi connectivity index (χ3v) is 4.53. The molecule has 3 heterocycles. The van der Waals surface area contributed by atoms with Crippen LogP contribution in [0.25, 0.3) is 34.4 Å². The molecule has 0 bridgehead atoms. The second kappa shape index (κ2) is 7.00. The maximum Gasteiger partial charge on any atom is 0.144 e. The number of hydrogen-bond acceptors (Lipinski definition) is 1. The second-order valence-electron chi connectivity index (χ2n) is 6.44. The molecule has 0 aliphatic rings. The number of aromatic nitrogens is 3. The molecule has 0 atom stereocenters. The van der Waals surface area contributed by atoms with Crippen LogP contribution in [0.3, 0.4) is 0 Å². The van der Waals surface area contributed by atoms with E-state index in [9.17, 15) is 0 Å². The molecule has 3 N–H and O–H groups in total. The van der Waals surface area contributed by atoms with E-state index in [-0.39, 0.29) is 0 Å². The summed E-state index contributed by atoms with van der Waals surface area (Å²) in [4.78, 5) is 10.3. The molecular formula is C22H23N3O. The molecule has 4 rings (SSSR count). The highest BCUT2D eigenvalue weighted by Crippen LogP contribution is 2.29. The van der Waals surface area contributed by atoms with E-state index in [2.05, 4.69) is 64.4 Å². The zero-order valence-corrected chi connectivity index (χ0v) is 15.1. The Bertz CT molecular complexity index is 1110. The van der Waals surface area contributed by atoms with Crippen molar-refractivity contribution >= 4 is 23.1 Å². The van der Waals surface area contributed by atoms with E-state index in [4.69, 9.17) is 4.74 Å². The van der Waals surface area contributed by atoms with Crippen molar-refractivity contribution in [3.63, 3.8) is 0 Å². The highest BCUT2D eigenvalue weighted by Gasteiger charge is 2.10. The molecule has 0 aliphatic carbocycles. The van der Waals surface area contributed by atoms with E-state index in [0.29, 0.717) is 0 Å². The van der Waals surface area contributed by atoms with Crippen molar-refractivity contribution in [1.29, 1.82) is 0 Å². The fraction of sp³-hybridized carbons (Fsp3) is 0.182. The van der Waals surface area contributed by atoms with Crippen molar-refractivity contribution in [3.05, 3.63) is 64.9 Å². The van der Waals surface area contributed by atoms with Gasteiger partial charge in [-0.2, -0.15) is 0 Å². The van der Waals surface area contributed by atoms with Gasteiger partial charge in [-0.1, -0.05) is 37.6 Å². The van der Waals surface area contributed by atoms with E-state index in [1.54, 1.807) is 7.11 Å². The molecule has 132 valence electrons. The number of hydrogen-bond donors (Lipinski definition) is 3. The normalized spacial score (nSPS) is 13.0. The number of para-hydroxylation sites is 1. The quantitative estimate of drug-likeness (QED) is 0.505. The van der Waals surface area contributed by atoms with Crippen LogP contribution in [-0.4, -0.2) is 22.1 Å². The first kappa shape index (κ1) is 16.3. The molecule has 26 heavy (non-hydrogen) atoms. The lowest BCUT2D eigenvalue weighted by molar-refractivity contribution is 0.414. The van der Waals surface area contributed by atoms with Crippen LogP contribution in [-0.2, 0) is 0 Å². The Morgan fingerprint density at radius 3 is 2.54 bits per heavy atom. The Kier molecular flexibility index (Phi) is 4.40. The van der Waals surface area contributed by atoms with E-state index >= 15 is 0 Å². The number of rotatable bonds is 5. The summed E-state index contributed by atoms with van der Waals surface area (Å²) in [7, 11) is 1.70. The molecule has 4 aromatic rings. The van der Waals surface area contributed by atoms with Gasteiger partial charge in [0.15, 0.2) is 0 Å². The number of fused-ring (bicyclic) bond motifs is 1. The minimum absolute atomic E-state index is 0.826.